The number of hydrogen-bond donors (Lipinski definition) is 4. The van der Waals surface area contributed by atoms with Crippen LogP contribution in [0.5, 0.6) is 5.75 Å². The van der Waals surface area contributed by atoms with Crippen molar-refractivity contribution >= 4 is 75.1 Å². The maximum absolute atomic E-state index is 13.6. The van der Waals surface area contributed by atoms with Gasteiger partial charge in [-0.3, -0.25) is 15.0 Å². The molecule has 4 heterocycles. The van der Waals surface area contributed by atoms with Crippen molar-refractivity contribution in [1.29, 1.82) is 0 Å². The first-order chi connectivity index (χ1) is 23.2. The number of benzene rings is 2. The van der Waals surface area contributed by atoms with E-state index >= 15 is 0 Å². The molecule has 2 fully saturated rings. The van der Waals surface area contributed by atoms with Crippen LogP contribution in [0.3, 0.4) is 0 Å². The molecule has 7 rings (SSSR count). The van der Waals surface area contributed by atoms with Gasteiger partial charge < -0.3 is 40.5 Å². The van der Waals surface area contributed by atoms with Crippen LogP contribution < -0.4 is 31.3 Å². The van der Waals surface area contributed by atoms with Crippen molar-refractivity contribution in [2.24, 2.45) is 10.7 Å². The Morgan fingerprint density at radius 3 is 2.58 bits per heavy atom. The van der Waals surface area contributed by atoms with Gasteiger partial charge in [-0.05, 0) is 57.5 Å². The molecule has 248 valence electrons. The highest BCUT2D eigenvalue weighted by Gasteiger charge is 2.25. The molecule has 0 bridgehead atoms. The molecule has 2 aliphatic rings. The Hall–Kier alpha value is -5.00. The molecule has 1 saturated heterocycles. The van der Waals surface area contributed by atoms with Gasteiger partial charge in [0, 0.05) is 80.1 Å². The Labute approximate surface area is 279 Å². The topological polar surface area (TPSA) is 163 Å². The fourth-order valence-corrected chi connectivity index (χ4v) is 7.39. The molecule has 0 radical (unpaired) electrons. The summed E-state index contributed by atoms with van der Waals surface area (Å²) in [4.78, 5) is 31.3. The highest BCUT2D eigenvalue weighted by atomic mass is 31.2. The number of nitrogens with zero attached hydrogens (tertiary/aromatic N) is 7. The zero-order valence-corrected chi connectivity index (χ0v) is 28.5. The monoisotopic (exact) mass is 665 g/mol. The van der Waals surface area contributed by atoms with E-state index in [1.807, 2.05) is 42.7 Å². The Bertz CT molecular complexity index is 2090. The minimum Gasteiger partial charge on any atom is -0.494 e. The van der Waals surface area contributed by atoms with Gasteiger partial charge in [-0.25, -0.2) is 0 Å². The third-order valence-corrected chi connectivity index (χ3v) is 10.2. The molecular weight excluding hydrogens is 625 g/mol. The molecule has 14 heteroatoms. The Balaban J connectivity index is 1.30. The van der Waals surface area contributed by atoms with Crippen LogP contribution in [0.4, 0.5) is 28.8 Å². The average molecular weight is 666 g/mol. The van der Waals surface area contributed by atoms with Crippen LogP contribution in [-0.2, 0) is 4.57 Å². The first kappa shape index (κ1) is 31.6. The van der Waals surface area contributed by atoms with E-state index in [4.69, 9.17) is 25.4 Å². The number of ether oxygens (including phenoxy) is 1. The van der Waals surface area contributed by atoms with Crippen LogP contribution in [0.2, 0.25) is 0 Å². The summed E-state index contributed by atoms with van der Waals surface area (Å²) in [5, 5.41) is 8.25. The molecule has 5 N–H and O–H groups in total. The van der Waals surface area contributed by atoms with Gasteiger partial charge in [-0.15, -0.1) is 0 Å². The van der Waals surface area contributed by atoms with E-state index in [1.54, 1.807) is 39.0 Å². The van der Waals surface area contributed by atoms with Gasteiger partial charge in [0.15, 0.2) is 0 Å². The number of fused-ring (bicyclic) bond motifs is 2. The van der Waals surface area contributed by atoms with E-state index in [9.17, 15) is 4.57 Å². The molecule has 0 spiro atoms. The van der Waals surface area contributed by atoms with Crippen molar-refractivity contribution in [3.8, 4) is 5.75 Å². The van der Waals surface area contributed by atoms with Crippen LogP contribution in [0.25, 0.3) is 27.6 Å². The van der Waals surface area contributed by atoms with Gasteiger partial charge in [0.1, 0.15) is 29.9 Å². The summed E-state index contributed by atoms with van der Waals surface area (Å²) < 4.78 is 19.5. The molecule has 5 aromatic rings. The van der Waals surface area contributed by atoms with E-state index < -0.39 is 7.14 Å². The van der Waals surface area contributed by atoms with Gasteiger partial charge in [-0.1, -0.05) is 0 Å². The quantitative estimate of drug-likeness (QED) is 0.118. The van der Waals surface area contributed by atoms with E-state index in [0.29, 0.717) is 56.9 Å². The largest absolute Gasteiger partial charge is 0.494 e. The predicted molar refractivity (Wildman–Crippen MR) is 195 cm³/mol. The fourth-order valence-electron chi connectivity index (χ4n) is 6.00. The second kappa shape index (κ2) is 12.9. The lowest BCUT2D eigenvalue weighted by atomic mass is 10.0. The van der Waals surface area contributed by atoms with Gasteiger partial charge in [0.25, 0.3) is 0 Å². The van der Waals surface area contributed by atoms with Gasteiger partial charge in [0.2, 0.25) is 5.95 Å². The van der Waals surface area contributed by atoms with E-state index in [0.717, 1.165) is 61.2 Å². The van der Waals surface area contributed by atoms with Gasteiger partial charge in [0.05, 0.1) is 40.7 Å². The maximum Gasteiger partial charge on any atom is 0.231 e. The Kier molecular flexibility index (Phi) is 8.49. The molecule has 0 unspecified atom stereocenters. The number of aromatic amines is 1. The van der Waals surface area contributed by atoms with Crippen LogP contribution in [0.1, 0.15) is 18.4 Å². The summed E-state index contributed by atoms with van der Waals surface area (Å²) in [5.41, 5.74) is 12.3. The lowest BCUT2D eigenvalue weighted by Gasteiger charge is -2.35. The molecule has 3 aromatic heterocycles. The van der Waals surface area contributed by atoms with Crippen molar-refractivity contribution in [1.82, 2.24) is 29.8 Å². The third kappa shape index (κ3) is 6.43. The van der Waals surface area contributed by atoms with Crippen molar-refractivity contribution in [3.63, 3.8) is 0 Å². The van der Waals surface area contributed by atoms with Crippen LogP contribution in [0.15, 0.2) is 60.1 Å². The first-order valence-corrected chi connectivity index (χ1v) is 18.6. The lowest BCUT2D eigenvalue weighted by molar-refractivity contribution is 0.312. The van der Waals surface area contributed by atoms with Crippen molar-refractivity contribution < 1.29 is 9.30 Å². The number of likely N-dealkylation sites (N-methyl/N-ethyl adjacent to an activating group) is 1. The summed E-state index contributed by atoms with van der Waals surface area (Å²) in [7, 11) is 1.01. The molecule has 1 saturated carbocycles. The van der Waals surface area contributed by atoms with Gasteiger partial charge >= 0.3 is 0 Å². The second-order valence-corrected chi connectivity index (χ2v) is 15.8. The Morgan fingerprint density at radius 2 is 1.85 bits per heavy atom. The van der Waals surface area contributed by atoms with E-state index in [-0.39, 0.29) is 0 Å². The smallest absolute Gasteiger partial charge is 0.231 e. The van der Waals surface area contributed by atoms with Crippen molar-refractivity contribution in [2.75, 3.05) is 69.2 Å². The number of hydrogen-bond acceptors (Lipinski definition) is 12. The number of rotatable bonds is 10. The first-order valence-electron chi connectivity index (χ1n) is 16.0. The number of anilines is 5. The molecular formula is C34H40N11O2P. The highest BCUT2D eigenvalue weighted by Crippen LogP contribution is 2.42. The number of aliphatic imine (C=N–C) groups is 1. The van der Waals surface area contributed by atoms with Gasteiger partial charge in [-0.2, -0.15) is 9.97 Å². The van der Waals surface area contributed by atoms with E-state index in [2.05, 4.69) is 42.4 Å². The molecule has 1 aliphatic heterocycles. The summed E-state index contributed by atoms with van der Waals surface area (Å²) in [6.07, 6.45) is 10.8. The number of methoxy groups -OCH3 is 1. The zero-order valence-electron chi connectivity index (χ0n) is 27.6. The number of H-pyrrole nitrogens is 1. The molecule has 1 aliphatic carbocycles. The Morgan fingerprint density at radius 1 is 1.06 bits per heavy atom. The third-order valence-electron chi connectivity index (χ3n) is 8.69. The number of aromatic nitrogens is 5. The van der Waals surface area contributed by atoms with Crippen LogP contribution in [0, 0.1) is 0 Å². The van der Waals surface area contributed by atoms with Crippen LogP contribution >= 0.6 is 7.14 Å². The van der Waals surface area contributed by atoms with Crippen molar-refractivity contribution in [3.05, 3.63) is 60.7 Å². The summed E-state index contributed by atoms with van der Waals surface area (Å²) in [6, 6.07) is 10.1. The predicted octanol–water partition coefficient (Wildman–Crippen LogP) is 4.93. The molecule has 0 atom stereocenters. The summed E-state index contributed by atoms with van der Waals surface area (Å²) in [5.74, 6) is 1.52. The highest BCUT2D eigenvalue weighted by molar-refractivity contribution is 7.71. The molecule has 2 aromatic carbocycles. The summed E-state index contributed by atoms with van der Waals surface area (Å²) in [6.45, 7) is 7.13. The molecule has 48 heavy (non-hydrogen) atoms. The maximum atomic E-state index is 13.6. The van der Waals surface area contributed by atoms with Crippen molar-refractivity contribution in [2.45, 2.75) is 18.9 Å². The SMILES string of the molecule is COc1cc(N2CCN(C)CC2)c(C(C=NC2CC2)=CN)cc1Nc1nc(Nc2ccc3nccnc3c2P(C)(C)=O)c2cc[nH]c2n1. The summed E-state index contributed by atoms with van der Waals surface area (Å²) >= 11 is 0. The standard InChI is InChI=1S/C34H40N11O2P/c1-44-13-15-45(16-14-44)28-18-29(47-2)27(17-24(28)21(19-35)20-39-22-5-6-22)41-34-42-32-23(9-10-38-32)33(43-34)40-26-8-7-25-30(37-12-11-36-25)31(26)48(3,4)46/h7-12,17-20,22H,5-6,13-16,35H2,1-4H3,(H3,38,40,41,42,43). The zero-order chi connectivity index (χ0) is 33.4. The molecule has 13 nitrogen and oxygen atoms in total. The number of allylic oxidation sites excluding steroid dienone is 1. The van der Waals surface area contributed by atoms with E-state index in [1.165, 1.54) is 0 Å². The second-order valence-electron chi connectivity index (χ2n) is 12.6. The normalized spacial score (nSPS) is 16.2. The number of nitrogens with two attached hydrogens (primary N) is 1. The molecule has 0 amide bonds. The lowest BCUT2D eigenvalue weighted by Crippen LogP contribution is -2.44. The number of nitrogens with one attached hydrogen (secondary N) is 3. The minimum absolute atomic E-state index is 0.340. The average Bonchev–Trinajstić information content (AvgIpc) is 3.78. The number of piperazine rings is 1. The van der Waals surface area contributed by atoms with Crippen LogP contribution in [-0.4, -0.2) is 95.7 Å². The fraction of sp³-hybridized carbons (Fsp3) is 0.324. The minimum atomic E-state index is -2.79.